The van der Waals surface area contributed by atoms with E-state index in [2.05, 4.69) is 0 Å². The molecule has 0 unspecified atom stereocenters. The summed E-state index contributed by atoms with van der Waals surface area (Å²) in [6, 6.07) is 0. The van der Waals surface area contributed by atoms with Gasteiger partial charge in [-0.2, -0.15) is 0 Å². The second-order valence-corrected chi connectivity index (χ2v) is 1.88. The van der Waals surface area contributed by atoms with Crippen molar-refractivity contribution in [2.45, 2.75) is 13.8 Å². The van der Waals surface area contributed by atoms with E-state index in [0.29, 0.717) is 0 Å². The molecule has 13 heavy (non-hydrogen) atoms. The van der Waals surface area contributed by atoms with E-state index in [-0.39, 0.29) is 21.1 Å². The van der Waals surface area contributed by atoms with Crippen LogP contribution in [0.2, 0.25) is 0 Å². The molecular weight excluding hydrogens is 254 g/mol. The van der Waals surface area contributed by atoms with Crippen LogP contribution in [0.1, 0.15) is 13.8 Å². The van der Waals surface area contributed by atoms with Gasteiger partial charge < -0.3 is 20.1 Å². The van der Waals surface area contributed by atoms with Gasteiger partial charge >= 0.3 is 14.2 Å². The van der Waals surface area contributed by atoms with Gasteiger partial charge in [-0.25, -0.2) is 0 Å². The van der Waals surface area contributed by atoms with Crippen LogP contribution in [0.4, 0.5) is 0 Å². The minimum atomic E-state index is -1.28. The Hall–Kier alpha value is 0.138. The first kappa shape index (κ1) is 18.8. The average molecular weight is 268 g/mol. The van der Waals surface area contributed by atoms with Gasteiger partial charge in [0.25, 0.3) is 0 Å². The maximum absolute atomic E-state index is 8.02. The first-order chi connectivity index (χ1) is 5.54. The van der Waals surface area contributed by atoms with Crippen molar-refractivity contribution in [1.82, 2.24) is 0 Å². The normalized spacial score (nSPS) is 9.08. The van der Waals surface area contributed by atoms with Crippen LogP contribution in [-0.4, -0.2) is 34.3 Å². The van der Waals surface area contributed by atoms with Gasteiger partial charge in [0, 0.05) is 21.1 Å². The van der Waals surface area contributed by atoms with Gasteiger partial charge in [-0.15, -0.1) is 0 Å². The van der Waals surface area contributed by atoms with Crippen molar-refractivity contribution >= 4 is 14.2 Å². The number of rotatable bonds is 2. The topological polar surface area (TPSA) is 80.9 Å². The molecule has 4 nitrogen and oxygen atoms in total. The van der Waals surface area contributed by atoms with Crippen LogP contribution < -0.4 is 0 Å². The van der Waals surface area contributed by atoms with Crippen molar-refractivity contribution in [2.75, 3.05) is 0 Å². The summed E-state index contributed by atoms with van der Waals surface area (Å²) in [6.07, 6.45) is 3.15. The summed E-state index contributed by atoms with van der Waals surface area (Å²) in [6.45, 7) is 3.44. The van der Waals surface area contributed by atoms with E-state index in [4.69, 9.17) is 20.1 Å². The Labute approximate surface area is 93.5 Å². The first-order valence-electron chi connectivity index (χ1n) is 3.52. The molecule has 0 heterocycles. The maximum atomic E-state index is 8.02. The maximum Gasteiger partial charge on any atom is 0.480 e. The van der Waals surface area contributed by atoms with Crippen LogP contribution in [-0.2, 0) is 21.1 Å². The smallest absolute Gasteiger partial charge is 0.424 e. The van der Waals surface area contributed by atoms with E-state index < -0.39 is 14.2 Å². The number of hydrogen-bond donors (Lipinski definition) is 4. The molecular formula is C6H14B2MoO4. The Kier molecular flexibility index (Phi) is 21.2. The zero-order chi connectivity index (χ0) is 9.98. The van der Waals surface area contributed by atoms with Crippen molar-refractivity contribution in [3.63, 3.8) is 0 Å². The molecule has 0 rings (SSSR count). The number of allylic oxidation sites excluding steroid dienone is 2. The molecule has 0 aromatic rings. The van der Waals surface area contributed by atoms with Gasteiger partial charge in [0.15, 0.2) is 0 Å². The van der Waals surface area contributed by atoms with Crippen LogP contribution >= 0.6 is 0 Å². The van der Waals surface area contributed by atoms with E-state index in [0.717, 1.165) is 0 Å². The van der Waals surface area contributed by atoms with Crippen LogP contribution in [0.5, 0.6) is 0 Å². The molecule has 0 aliphatic heterocycles. The fourth-order valence-electron chi connectivity index (χ4n) is 0.344. The monoisotopic (exact) mass is 270 g/mol. The molecule has 0 fully saturated rings. The summed E-state index contributed by atoms with van der Waals surface area (Å²) in [5, 5.41) is 32.1. The van der Waals surface area contributed by atoms with Crippen molar-refractivity contribution in [1.29, 1.82) is 0 Å². The molecule has 0 bridgehead atoms. The number of hydrogen-bond acceptors (Lipinski definition) is 4. The van der Waals surface area contributed by atoms with Gasteiger partial charge in [-0.1, -0.05) is 24.1 Å². The fourth-order valence-corrected chi connectivity index (χ4v) is 0.344. The summed E-state index contributed by atoms with van der Waals surface area (Å²) in [5.74, 6) is 2.56. The van der Waals surface area contributed by atoms with Crippen molar-refractivity contribution in [2.24, 2.45) is 0 Å². The minimum absolute atomic E-state index is 0. The molecule has 0 aliphatic rings. The third-order valence-corrected chi connectivity index (χ3v) is 0.729. The third-order valence-electron chi connectivity index (χ3n) is 0.729. The van der Waals surface area contributed by atoms with E-state index in [1.54, 1.807) is 26.0 Å². The van der Waals surface area contributed by atoms with Gasteiger partial charge in [0.2, 0.25) is 0 Å². The standard InChI is InChI=1S/2C3H7BO2.Mo/c2*1-2-3-4(5)6;/h2*2-3,5-6H,1H3;/b2*3-2-;. The third kappa shape index (κ3) is 33.1. The molecule has 0 aliphatic carbocycles. The second-order valence-electron chi connectivity index (χ2n) is 1.88. The molecule has 7 heteroatoms. The molecule has 0 spiro atoms. The van der Waals surface area contributed by atoms with E-state index in [1.807, 2.05) is 0 Å². The van der Waals surface area contributed by atoms with Crippen LogP contribution in [0.25, 0.3) is 0 Å². The molecule has 0 atom stereocenters. The van der Waals surface area contributed by atoms with Crippen molar-refractivity contribution in [3.8, 4) is 0 Å². The molecule has 0 saturated carbocycles. The summed E-state index contributed by atoms with van der Waals surface area (Å²) >= 11 is 0. The van der Waals surface area contributed by atoms with Crippen LogP contribution in [0.3, 0.4) is 0 Å². The predicted octanol–water partition coefficient (Wildman–Crippen LogP) is -0.854. The summed E-state index contributed by atoms with van der Waals surface area (Å²) in [5.41, 5.74) is 0. The Morgan fingerprint density at radius 2 is 1.00 bits per heavy atom. The van der Waals surface area contributed by atoms with Crippen LogP contribution in [0.15, 0.2) is 24.1 Å². The Morgan fingerprint density at radius 1 is 0.769 bits per heavy atom. The van der Waals surface area contributed by atoms with Gasteiger partial charge in [0.1, 0.15) is 0 Å². The Balaban J connectivity index is -0.000000143. The molecule has 0 amide bonds. The van der Waals surface area contributed by atoms with E-state index in [1.165, 1.54) is 12.0 Å². The van der Waals surface area contributed by atoms with Gasteiger partial charge in [-0.05, 0) is 13.8 Å². The van der Waals surface area contributed by atoms with E-state index >= 15 is 0 Å². The zero-order valence-corrected chi connectivity index (χ0v) is 9.67. The largest absolute Gasteiger partial charge is 0.480 e. The summed E-state index contributed by atoms with van der Waals surface area (Å²) in [4.78, 5) is 0. The fraction of sp³-hybridized carbons (Fsp3) is 0.333. The Morgan fingerprint density at radius 3 is 1.00 bits per heavy atom. The van der Waals surface area contributed by atoms with Crippen molar-refractivity contribution in [3.05, 3.63) is 24.1 Å². The van der Waals surface area contributed by atoms with Crippen LogP contribution in [0, 0.1) is 0 Å². The quantitative estimate of drug-likeness (QED) is 0.491. The first-order valence-corrected chi connectivity index (χ1v) is 3.52. The van der Waals surface area contributed by atoms with Gasteiger partial charge in [0.05, 0.1) is 0 Å². The molecule has 0 saturated heterocycles. The SMILES string of the molecule is C/C=C\B(O)O.C/C=C\B(O)O.[Mo]. The Bertz CT molecular complexity index is 123. The average Bonchev–Trinajstić information content (AvgIpc) is 1.87. The van der Waals surface area contributed by atoms with Crippen molar-refractivity contribution < 1.29 is 41.2 Å². The van der Waals surface area contributed by atoms with E-state index in [9.17, 15) is 0 Å². The second kappa shape index (κ2) is 14.7. The molecule has 0 radical (unpaired) electrons. The molecule has 4 N–H and O–H groups in total. The molecule has 0 aromatic heterocycles. The summed E-state index contributed by atoms with van der Waals surface area (Å²) in [7, 11) is -2.56. The summed E-state index contributed by atoms with van der Waals surface area (Å²) < 4.78 is 0. The minimum Gasteiger partial charge on any atom is -0.424 e. The molecule has 0 aromatic carbocycles. The predicted molar refractivity (Wildman–Crippen MR) is 50.0 cm³/mol. The van der Waals surface area contributed by atoms with Gasteiger partial charge in [-0.3, -0.25) is 0 Å². The molecule has 74 valence electrons. The zero-order valence-electron chi connectivity index (χ0n) is 7.66.